The van der Waals surface area contributed by atoms with Gasteiger partial charge in [0, 0.05) is 35.3 Å². The molecule has 6 rings (SSSR count). The summed E-state index contributed by atoms with van der Waals surface area (Å²) in [6, 6.07) is 16.5. The lowest BCUT2D eigenvalue weighted by molar-refractivity contribution is 0.262. The quantitative estimate of drug-likeness (QED) is 0.521. The van der Waals surface area contributed by atoms with Gasteiger partial charge in [0.05, 0.1) is 5.56 Å². The second-order valence-corrected chi connectivity index (χ2v) is 7.98. The van der Waals surface area contributed by atoms with E-state index in [1.54, 1.807) is 12.4 Å². The third-order valence-corrected chi connectivity index (χ3v) is 5.94. The number of nitrogens with two attached hydrogens (primary N) is 1. The largest absolute Gasteiger partial charge is 0.462 e. The van der Waals surface area contributed by atoms with E-state index in [0.29, 0.717) is 11.6 Å². The van der Waals surface area contributed by atoms with E-state index >= 15 is 0 Å². The number of rotatable bonds is 2. The first-order valence-corrected chi connectivity index (χ1v) is 10.3. The van der Waals surface area contributed by atoms with Gasteiger partial charge in [-0.1, -0.05) is 35.9 Å². The third-order valence-electron chi connectivity index (χ3n) is 5.94. The van der Waals surface area contributed by atoms with Crippen LogP contribution in [0.2, 0.25) is 0 Å². The van der Waals surface area contributed by atoms with Crippen molar-refractivity contribution in [1.29, 1.82) is 0 Å². The van der Waals surface area contributed by atoms with Crippen molar-refractivity contribution in [3.8, 4) is 33.9 Å². The molecule has 2 N–H and O–H groups in total. The Kier molecular flexibility index (Phi) is 3.98. The number of ether oxygens (including phenoxy) is 2. The third kappa shape index (κ3) is 2.82. The van der Waals surface area contributed by atoms with Gasteiger partial charge in [-0.3, -0.25) is 0 Å². The molecule has 4 aromatic rings. The monoisotopic (exact) mass is 421 g/mol. The lowest BCUT2D eigenvalue weighted by atomic mass is 9.80. The van der Waals surface area contributed by atoms with Crippen molar-refractivity contribution in [1.82, 2.24) is 15.0 Å². The molecule has 0 saturated heterocycles. The molecule has 4 heterocycles. The van der Waals surface area contributed by atoms with Gasteiger partial charge in [0.2, 0.25) is 5.88 Å². The van der Waals surface area contributed by atoms with E-state index in [2.05, 4.69) is 52.2 Å². The molecule has 1 spiro atoms. The van der Waals surface area contributed by atoms with Gasteiger partial charge >= 0.3 is 0 Å². The van der Waals surface area contributed by atoms with Crippen molar-refractivity contribution in [2.45, 2.75) is 12.5 Å². The maximum absolute atomic E-state index is 6.19. The molecule has 0 bridgehead atoms. The highest BCUT2D eigenvalue weighted by atomic mass is 16.5. The highest BCUT2D eigenvalue weighted by molar-refractivity contribution is 5.78. The average molecular weight is 421 g/mol. The SMILES string of the molecule is Cc1ccc(-c2cnc3c(c2)[C@]2(COC(N)=N2)c2cc(-c4cncnc4)ccc2O3)cc1. The molecule has 0 radical (unpaired) electrons. The lowest BCUT2D eigenvalue weighted by Gasteiger charge is -2.33. The summed E-state index contributed by atoms with van der Waals surface area (Å²) >= 11 is 0. The van der Waals surface area contributed by atoms with Crippen LogP contribution in [0.5, 0.6) is 11.6 Å². The Morgan fingerprint density at radius 2 is 1.59 bits per heavy atom. The van der Waals surface area contributed by atoms with Crippen molar-refractivity contribution in [2.24, 2.45) is 10.7 Å². The molecule has 0 aliphatic carbocycles. The van der Waals surface area contributed by atoms with Crippen LogP contribution in [0.15, 0.2) is 78.4 Å². The molecule has 2 aromatic heterocycles. The molecule has 2 aliphatic heterocycles. The molecule has 0 saturated carbocycles. The molecule has 0 amide bonds. The molecule has 7 heteroatoms. The zero-order valence-corrected chi connectivity index (χ0v) is 17.3. The summed E-state index contributed by atoms with van der Waals surface area (Å²) in [7, 11) is 0. The van der Waals surface area contributed by atoms with Crippen molar-refractivity contribution < 1.29 is 9.47 Å². The van der Waals surface area contributed by atoms with Crippen LogP contribution in [-0.2, 0) is 10.3 Å². The van der Waals surface area contributed by atoms with E-state index in [0.717, 1.165) is 33.4 Å². The first-order valence-electron chi connectivity index (χ1n) is 10.3. The van der Waals surface area contributed by atoms with E-state index in [4.69, 9.17) is 20.2 Å². The van der Waals surface area contributed by atoms with Crippen LogP contribution in [0.3, 0.4) is 0 Å². The van der Waals surface area contributed by atoms with Gasteiger partial charge in [-0.05, 0) is 36.2 Å². The summed E-state index contributed by atoms with van der Waals surface area (Å²) < 4.78 is 11.9. The maximum Gasteiger partial charge on any atom is 0.283 e. The number of aryl methyl sites for hydroxylation is 1. The molecule has 2 aliphatic rings. The summed E-state index contributed by atoms with van der Waals surface area (Å²) in [6.07, 6.45) is 6.88. The summed E-state index contributed by atoms with van der Waals surface area (Å²) in [5.74, 6) is 1.18. The van der Waals surface area contributed by atoms with Crippen LogP contribution in [0.25, 0.3) is 22.3 Å². The minimum Gasteiger partial charge on any atom is -0.462 e. The molecule has 0 unspecified atom stereocenters. The minimum atomic E-state index is -0.841. The number of nitrogens with zero attached hydrogens (tertiary/aromatic N) is 4. The standard InChI is InChI=1S/C25H19N5O2/c1-15-2-4-16(5-3-15)18-9-21-23(29-12-18)32-22-7-6-17(19-10-27-14-28-11-19)8-20(22)25(21)13-31-24(26)30-25/h2-12,14H,13H2,1H3,(H2,26,30)/t25-/m0/s1. The van der Waals surface area contributed by atoms with Gasteiger partial charge in [0.15, 0.2) is 5.54 Å². The number of amidine groups is 1. The van der Waals surface area contributed by atoms with Crippen LogP contribution in [0.1, 0.15) is 16.7 Å². The predicted octanol–water partition coefficient (Wildman–Crippen LogP) is 4.21. The topological polar surface area (TPSA) is 95.5 Å². The summed E-state index contributed by atoms with van der Waals surface area (Å²) in [5, 5.41) is 0. The number of hydrogen-bond donors (Lipinski definition) is 1. The Balaban J connectivity index is 1.54. The summed E-state index contributed by atoms with van der Waals surface area (Å²) in [4.78, 5) is 17.7. The second-order valence-electron chi connectivity index (χ2n) is 7.98. The molecule has 7 nitrogen and oxygen atoms in total. The van der Waals surface area contributed by atoms with Gasteiger partial charge in [-0.2, -0.15) is 0 Å². The number of hydrogen-bond acceptors (Lipinski definition) is 7. The fraction of sp³-hybridized carbons (Fsp3) is 0.120. The lowest BCUT2D eigenvalue weighted by Crippen LogP contribution is -2.31. The van der Waals surface area contributed by atoms with Crippen LogP contribution >= 0.6 is 0 Å². The van der Waals surface area contributed by atoms with Gasteiger partial charge in [0.1, 0.15) is 18.7 Å². The molecule has 1 atom stereocenters. The molecule has 2 aromatic carbocycles. The number of aliphatic imine (C=N–C) groups is 1. The smallest absolute Gasteiger partial charge is 0.283 e. The van der Waals surface area contributed by atoms with Crippen LogP contribution in [-0.4, -0.2) is 27.6 Å². The summed E-state index contributed by atoms with van der Waals surface area (Å²) in [6.45, 7) is 2.34. The van der Waals surface area contributed by atoms with Gasteiger partial charge in [-0.15, -0.1) is 0 Å². The van der Waals surface area contributed by atoms with Crippen molar-refractivity contribution in [3.05, 3.63) is 90.1 Å². The van der Waals surface area contributed by atoms with Crippen molar-refractivity contribution in [3.63, 3.8) is 0 Å². The molecular formula is C25H19N5O2. The Bertz CT molecular complexity index is 1370. The van der Waals surface area contributed by atoms with Crippen LogP contribution < -0.4 is 10.5 Å². The highest BCUT2D eigenvalue weighted by Gasteiger charge is 2.47. The van der Waals surface area contributed by atoms with Crippen LogP contribution in [0, 0.1) is 6.92 Å². The fourth-order valence-electron chi connectivity index (χ4n) is 4.26. The Morgan fingerprint density at radius 1 is 0.844 bits per heavy atom. The predicted molar refractivity (Wildman–Crippen MR) is 120 cm³/mol. The van der Waals surface area contributed by atoms with Crippen LogP contribution in [0.4, 0.5) is 0 Å². The van der Waals surface area contributed by atoms with E-state index in [-0.39, 0.29) is 12.6 Å². The van der Waals surface area contributed by atoms with Crippen molar-refractivity contribution >= 4 is 6.02 Å². The van der Waals surface area contributed by atoms with Gasteiger partial charge in [0.25, 0.3) is 6.02 Å². The number of fused-ring (bicyclic) bond motifs is 4. The fourth-order valence-corrected chi connectivity index (χ4v) is 4.26. The average Bonchev–Trinajstić information content (AvgIpc) is 3.22. The van der Waals surface area contributed by atoms with Crippen molar-refractivity contribution in [2.75, 3.05) is 6.61 Å². The van der Waals surface area contributed by atoms with Gasteiger partial charge < -0.3 is 15.2 Å². The normalized spacial score (nSPS) is 18.3. The molecule has 156 valence electrons. The second kappa shape index (κ2) is 6.88. The maximum atomic E-state index is 6.19. The number of pyridine rings is 1. The van der Waals surface area contributed by atoms with Gasteiger partial charge in [-0.25, -0.2) is 19.9 Å². The summed E-state index contributed by atoms with van der Waals surface area (Å²) in [5.41, 5.74) is 12.0. The number of benzene rings is 2. The van der Waals surface area contributed by atoms with E-state index in [1.165, 1.54) is 11.9 Å². The minimum absolute atomic E-state index is 0.151. The molecule has 32 heavy (non-hydrogen) atoms. The number of aromatic nitrogens is 3. The zero-order chi connectivity index (χ0) is 21.7. The Labute approximate surface area is 184 Å². The highest BCUT2D eigenvalue weighted by Crippen LogP contribution is 2.51. The first-order chi connectivity index (χ1) is 15.6. The Hall–Kier alpha value is -4.26. The zero-order valence-electron chi connectivity index (χ0n) is 17.3. The molecule has 0 fully saturated rings. The molecular weight excluding hydrogens is 402 g/mol. The Morgan fingerprint density at radius 3 is 2.34 bits per heavy atom. The first kappa shape index (κ1) is 18.5. The van der Waals surface area contributed by atoms with E-state index in [1.807, 2.05) is 24.4 Å². The van der Waals surface area contributed by atoms with E-state index < -0.39 is 5.54 Å². The van der Waals surface area contributed by atoms with E-state index in [9.17, 15) is 0 Å².